The molecule has 0 radical (unpaired) electrons. The Morgan fingerprint density at radius 1 is 1.08 bits per heavy atom. The molecule has 1 saturated heterocycles. The summed E-state index contributed by atoms with van der Waals surface area (Å²) in [5, 5.41) is 1.01. The smallest absolute Gasteiger partial charge is 0.223 e. The number of aromatic nitrogens is 4. The van der Waals surface area contributed by atoms with Gasteiger partial charge in [-0.2, -0.15) is 4.98 Å². The van der Waals surface area contributed by atoms with Gasteiger partial charge in [0.15, 0.2) is 0 Å². The lowest BCUT2D eigenvalue weighted by molar-refractivity contribution is 0.264. The lowest BCUT2D eigenvalue weighted by Gasteiger charge is -2.35. The summed E-state index contributed by atoms with van der Waals surface area (Å²) >= 11 is 6.52. The van der Waals surface area contributed by atoms with Gasteiger partial charge in [0.1, 0.15) is 16.5 Å². The summed E-state index contributed by atoms with van der Waals surface area (Å²) in [5.41, 5.74) is 11.5. The quantitative estimate of drug-likeness (QED) is 0.294. The molecule has 0 atom stereocenters. The van der Waals surface area contributed by atoms with E-state index in [-0.39, 0.29) is 5.95 Å². The molecular weight excluding hydrogens is 498 g/mol. The van der Waals surface area contributed by atoms with Crippen molar-refractivity contribution in [3.63, 3.8) is 0 Å². The van der Waals surface area contributed by atoms with Crippen molar-refractivity contribution in [1.82, 2.24) is 24.4 Å². The second-order valence-corrected chi connectivity index (χ2v) is 9.86. The molecule has 1 aliphatic heterocycles. The van der Waals surface area contributed by atoms with E-state index in [1.54, 1.807) is 7.11 Å². The Morgan fingerprint density at radius 3 is 2.58 bits per heavy atom. The number of nitrogen functional groups attached to an aromatic ring is 1. The van der Waals surface area contributed by atoms with Crippen LogP contribution in [0.3, 0.4) is 0 Å². The first-order valence-corrected chi connectivity index (χ1v) is 13.1. The van der Waals surface area contributed by atoms with E-state index >= 15 is 0 Å². The third-order valence-corrected chi connectivity index (χ3v) is 7.30. The molecule has 9 heteroatoms. The zero-order valence-corrected chi connectivity index (χ0v) is 22.8. The normalized spacial score (nSPS) is 13.9. The fraction of sp³-hybridized carbons (Fsp3) is 0.345. The van der Waals surface area contributed by atoms with Gasteiger partial charge in [0, 0.05) is 68.4 Å². The Hall–Kier alpha value is -3.80. The van der Waals surface area contributed by atoms with Crippen LogP contribution in [-0.4, -0.2) is 64.3 Å². The first-order valence-electron chi connectivity index (χ1n) is 12.8. The Labute approximate surface area is 228 Å². The molecule has 4 aromatic rings. The minimum atomic E-state index is 0.127. The summed E-state index contributed by atoms with van der Waals surface area (Å²) in [5.74, 6) is 7.62. The number of anilines is 2. The lowest BCUT2D eigenvalue weighted by atomic mass is 10.1. The SMILES string of the molecule is COc1c(C)cnc(Cn2cc(C#CCCN3CCN(c4ccccc4)CC3)c3c(Cl)nc(N)nc32)c1C. The largest absolute Gasteiger partial charge is 0.496 e. The van der Waals surface area contributed by atoms with Gasteiger partial charge in [0.2, 0.25) is 5.95 Å². The maximum atomic E-state index is 6.52. The van der Waals surface area contributed by atoms with Crippen LogP contribution in [0, 0.1) is 25.7 Å². The van der Waals surface area contributed by atoms with E-state index in [2.05, 4.69) is 66.9 Å². The topological polar surface area (TPSA) is 85.3 Å². The number of hydrogen-bond acceptors (Lipinski definition) is 7. The van der Waals surface area contributed by atoms with Crippen LogP contribution in [0.5, 0.6) is 5.75 Å². The number of hydrogen-bond donors (Lipinski definition) is 1. The number of ether oxygens (including phenoxy) is 1. The zero-order valence-electron chi connectivity index (χ0n) is 22.0. The number of pyridine rings is 1. The minimum Gasteiger partial charge on any atom is -0.496 e. The van der Waals surface area contributed by atoms with Crippen LogP contribution in [-0.2, 0) is 6.54 Å². The number of halogens is 1. The van der Waals surface area contributed by atoms with Crippen LogP contribution in [0.15, 0.2) is 42.7 Å². The third kappa shape index (κ3) is 5.40. The number of methoxy groups -OCH3 is 1. The molecule has 8 nitrogen and oxygen atoms in total. The number of piperazine rings is 1. The average Bonchev–Trinajstić information content (AvgIpc) is 3.26. The van der Waals surface area contributed by atoms with E-state index in [1.165, 1.54) is 5.69 Å². The molecular formula is C29H32ClN7O. The van der Waals surface area contributed by atoms with Crippen molar-refractivity contribution >= 4 is 34.3 Å². The van der Waals surface area contributed by atoms with E-state index in [4.69, 9.17) is 22.1 Å². The molecule has 1 fully saturated rings. The highest BCUT2D eigenvalue weighted by molar-refractivity contribution is 6.34. The van der Waals surface area contributed by atoms with Crippen molar-refractivity contribution in [2.24, 2.45) is 0 Å². The van der Waals surface area contributed by atoms with Crippen LogP contribution < -0.4 is 15.4 Å². The molecule has 2 N–H and O–H groups in total. The fourth-order valence-corrected chi connectivity index (χ4v) is 5.28. The first kappa shape index (κ1) is 25.8. The van der Waals surface area contributed by atoms with E-state index in [0.29, 0.717) is 22.7 Å². The maximum absolute atomic E-state index is 6.52. The zero-order chi connectivity index (χ0) is 26.6. The highest BCUT2D eigenvalue weighted by Crippen LogP contribution is 2.29. The van der Waals surface area contributed by atoms with Gasteiger partial charge < -0.3 is 19.9 Å². The molecule has 3 aromatic heterocycles. The van der Waals surface area contributed by atoms with E-state index in [0.717, 1.165) is 67.3 Å². The van der Waals surface area contributed by atoms with Gasteiger partial charge in [-0.15, -0.1) is 0 Å². The molecule has 4 heterocycles. The van der Waals surface area contributed by atoms with Crippen LogP contribution in [0.1, 0.15) is 28.8 Å². The number of aryl methyl sites for hydroxylation is 1. The van der Waals surface area contributed by atoms with E-state index < -0.39 is 0 Å². The van der Waals surface area contributed by atoms with Crippen molar-refractivity contribution in [1.29, 1.82) is 0 Å². The predicted molar refractivity (Wildman–Crippen MR) is 153 cm³/mol. The summed E-state index contributed by atoms with van der Waals surface area (Å²) in [6, 6.07) is 10.6. The van der Waals surface area contributed by atoms with Gasteiger partial charge in [-0.05, 0) is 26.0 Å². The molecule has 0 saturated carbocycles. The van der Waals surface area contributed by atoms with Gasteiger partial charge in [-0.1, -0.05) is 41.6 Å². The molecule has 0 amide bonds. The van der Waals surface area contributed by atoms with Gasteiger partial charge >= 0.3 is 0 Å². The van der Waals surface area contributed by atoms with E-state index in [1.807, 2.05) is 30.8 Å². The van der Waals surface area contributed by atoms with Gasteiger partial charge in [-0.25, -0.2) is 4.98 Å². The number of fused-ring (bicyclic) bond motifs is 1. The molecule has 0 unspecified atom stereocenters. The Kier molecular flexibility index (Phi) is 7.68. The van der Waals surface area contributed by atoms with Crippen LogP contribution in [0.4, 0.5) is 11.6 Å². The molecule has 38 heavy (non-hydrogen) atoms. The summed E-state index contributed by atoms with van der Waals surface area (Å²) < 4.78 is 7.57. The fourth-order valence-electron chi connectivity index (χ4n) is 5.01. The first-order chi connectivity index (χ1) is 18.4. The summed E-state index contributed by atoms with van der Waals surface area (Å²) in [6.45, 7) is 9.52. The van der Waals surface area contributed by atoms with Crippen molar-refractivity contribution in [2.75, 3.05) is 50.5 Å². The number of nitrogens with two attached hydrogens (primary N) is 1. The molecule has 1 aliphatic rings. The molecule has 0 aliphatic carbocycles. The molecule has 0 spiro atoms. The number of para-hydroxylation sites is 1. The summed E-state index contributed by atoms with van der Waals surface area (Å²) in [7, 11) is 1.68. The summed E-state index contributed by atoms with van der Waals surface area (Å²) in [4.78, 5) is 18.2. The molecule has 0 bridgehead atoms. The second kappa shape index (κ2) is 11.3. The van der Waals surface area contributed by atoms with Gasteiger partial charge in [-0.3, -0.25) is 9.88 Å². The minimum absolute atomic E-state index is 0.127. The highest BCUT2D eigenvalue weighted by Gasteiger charge is 2.18. The third-order valence-electron chi connectivity index (χ3n) is 7.03. The van der Waals surface area contributed by atoms with Crippen molar-refractivity contribution in [3.05, 3.63) is 70.3 Å². The van der Waals surface area contributed by atoms with Crippen molar-refractivity contribution < 1.29 is 4.74 Å². The van der Waals surface area contributed by atoms with Crippen LogP contribution >= 0.6 is 11.6 Å². The van der Waals surface area contributed by atoms with Crippen molar-refractivity contribution in [2.45, 2.75) is 26.8 Å². The van der Waals surface area contributed by atoms with Crippen LogP contribution in [0.25, 0.3) is 11.0 Å². The Bertz CT molecular complexity index is 1500. The molecule has 5 rings (SSSR count). The Morgan fingerprint density at radius 2 is 1.84 bits per heavy atom. The number of benzene rings is 1. The number of nitrogens with zero attached hydrogens (tertiary/aromatic N) is 6. The summed E-state index contributed by atoms with van der Waals surface area (Å²) in [6.07, 6.45) is 4.55. The number of rotatable bonds is 6. The highest BCUT2D eigenvalue weighted by atomic mass is 35.5. The molecule has 196 valence electrons. The lowest BCUT2D eigenvalue weighted by Crippen LogP contribution is -2.46. The predicted octanol–water partition coefficient (Wildman–Crippen LogP) is 4.30. The Balaban J connectivity index is 1.31. The van der Waals surface area contributed by atoms with Crippen molar-refractivity contribution in [3.8, 4) is 17.6 Å². The van der Waals surface area contributed by atoms with Crippen LogP contribution in [0.2, 0.25) is 5.15 Å². The molecule has 1 aromatic carbocycles. The monoisotopic (exact) mass is 529 g/mol. The van der Waals surface area contributed by atoms with E-state index in [9.17, 15) is 0 Å². The second-order valence-electron chi connectivity index (χ2n) is 9.50. The average molecular weight is 530 g/mol. The van der Waals surface area contributed by atoms with Gasteiger partial charge in [0.05, 0.1) is 30.3 Å². The standard InChI is InChI=1S/C29H32ClN7O/c1-20-17-32-24(21(2)26(20)38-3)19-37-18-22(25-27(30)33-29(31)34-28(25)37)9-7-8-12-35-13-15-36(16-14-35)23-10-5-4-6-11-23/h4-6,10-11,17-18H,8,12-16,19H2,1-3H3,(H2,31,33,34). The maximum Gasteiger partial charge on any atom is 0.223 e. The van der Waals surface area contributed by atoms with Gasteiger partial charge in [0.25, 0.3) is 0 Å².